The van der Waals surface area contributed by atoms with Gasteiger partial charge >= 0.3 is 0 Å². The highest BCUT2D eigenvalue weighted by Gasteiger charge is 2.17. The molecular weight excluding hydrogens is 236 g/mol. The minimum absolute atomic E-state index is 0.728. The van der Waals surface area contributed by atoms with Crippen molar-refractivity contribution < 1.29 is 4.74 Å². The minimum Gasteiger partial charge on any atom is -0.492 e. The van der Waals surface area contributed by atoms with Gasteiger partial charge in [0.05, 0.1) is 0 Å². The van der Waals surface area contributed by atoms with Crippen LogP contribution in [0.3, 0.4) is 0 Å². The van der Waals surface area contributed by atoms with Crippen LogP contribution < -0.4 is 10.1 Å². The van der Waals surface area contributed by atoms with Crippen LogP contribution in [0.15, 0.2) is 30.3 Å². The van der Waals surface area contributed by atoms with Gasteiger partial charge in [0, 0.05) is 12.6 Å². The maximum Gasteiger partial charge on any atom is 0.119 e. The van der Waals surface area contributed by atoms with Gasteiger partial charge in [-0.05, 0) is 51.0 Å². The molecule has 1 heterocycles. The van der Waals surface area contributed by atoms with Crippen molar-refractivity contribution in [2.45, 2.75) is 32.2 Å². The molecule has 106 valence electrons. The molecular formula is C16H26N2O. The molecule has 2 rings (SSSR count). The zero-order valence-electron chi connectivity index (χ0n) is 12.0. The lowest BCUT2D eigenvalue weighted by Crippen LogP contribution is -2.43. The number of hydrogen-bond acceptors (Lipinski definition) is 3. The molecule has 1 aromatic carbocycles. The largest absolute Gasteiger partial charge is 0.492 e. The second-order valence-corrected chi connectivity index (χ2v) is 5.23. The van der Waals surface area contributed by atoms with Crippen LogP contribution in [0.4, 0.5) is 0 Å². The van der Waals surface area contributed by atoms with Gasteiger partial charge in [0.15, 0.2) is 0 Å². The van der Waals surface area contributed by atoms with Gasteiger partial charge in [0.1, 0.15) is 12.4 Å². The summed E-state index contributed by atoms with van der Waals surface area (Å²) in [5.41, 5.74) is 0. The van der Waals surface area contributed by atoms with Crippen LogP contribution in [0.2, 0.25) is 0 Å². The third-order valence-corrected chi connectivity index (χ3v) is 3.69. The Morgan fingerprint density at radius 1 is 1.21 bits per heavy atom. The molecule has 0 aromatic heterocycles. The van der Waals surface area contributed by atoms with Crippen LogP contribution in [0.5, 0.6) is 5.75 Å². The number of benzene rings is 1. The number of likely N-dealkylation sites (tertiary alicyclic amines) is 1. The lowest BCUT2D eigenvalue weighted by Gasteiger charge is -2.32. The van der Waals surface area contributed by atoms with Crippen molar-refractivity contribution >= 4 is 0 Å². The molecule has 1 fully saturated rings. The highest BCUT2D eigenvalue weighted by Crippen LogP contribution is 2.11. The van der Waals surface area contributed by atoms with Crippen molar-refractivity contribution in [2.75, 3.05) is 32.8 Å². The van der Waals surface area contributed by atoms with Crippen molar-refractivity contribution in [3.63, 3.8) is 0 Å². The normalized spacial score (nSPS) is 17.5. The Hall–Kier alpha value is -1.06. The zero-order chi connectivity index (χ0) is 13.3. The van der Waals surface area contributed by atoms with Gasteiger partial charge in [0.25, 0.3) is 0 Å². The minimum atomic E-state index is 0.728. The van der Waals surface area contributed by atoms with Crippen molar-refractivity contribution in [1.29, 1.82) is 0 Å². The van der Waals surface area contributed by atoms with Crippen molar-refractivity contribution in [1.82, 2.24) is 10.2 Å². The van der Waals surface area contributed by atoms with E-state index in [4.69, 9.17) is 4.74 Å². The lowest BCUT2D eigenvalue weighted by atomic mass is 10.1. The SMILES string of the molecule is CCCNC1CCN(CCOc2ccccc2)CC1. The van der Waals surface area contributed by atoms with Gasteiger partial charge in [-0.15, -0.1) is 0 Å². The van der Waals surface area contributed by atoms with Gasteiger partial charge in [-0.25, -0.2) is 0 Å². The van der Waals surface area contributed by atoms with E-state index in [2.05, 4.69) is 17.1 Å². The molecule has 0 aliphatic carbocycles. The Bertz CT molecular complexity index is 334. The summed E-state index contributed by atoms with van der Waals surface area (Å²) in [4.78, 5) is 2.51. The van der Waals surface area contributed by atoms with E-state index < -0.39 is 0 Å². The van der Waals surface area contributed by atoms with E-state index in [0.717, 1.165) is 31.5 Å². The molecule has 1 N–H and O–H groups in total. The van der Waals surface area contributed by atoms with Gasteiger partial charge in [0.2, 0.25) is 0 Å². The highest BCUT2D eigenvalue weighted by molar-refractivity contribution is 5.20. The van der Waals surface area contributed by atoms with Crippen LogP contribution in [0, 0.1) is 0 Å². The predicted molar refractivity (Wildman–Crippen MR) is 79.7 cm³/mol. The molecule has 1 aliphatic heterocycles. The van der Waals surface area contributed by atoms with Gasteiger partial charge in [-0.1, -0.05) is 25.1 Å². The zero-order valence-corrected chi connectivity index (χ0v) is 12.0. The maximum atomic E-state index is 5.74. The van der Waals surface area contributed by atoms with E-state index in [-0.39, 0.29) is 0 Å². The Morgan fingerprint density at radius 3 is 2.63 bits per heavy atom. The summed E-state index contributed by atoms with van der Waals surface area (Å²) in [5.74, 6) is 0.974. The summed E-state index contributed by atoms with van der Waals surface area (Å²) < 4.78 is 5.74. The average Bonchev–Trinajstić information content (AvgIpc) is 2.47. The standard InChI is InChI=1S/C16H26N2O/c1-2-10-17-15-8-11-18(12-9-15)13-14-19-16-6-4-3-5-7-16/h3-7,15,17H,2,8-14H2,1H3. The first-order valence-electron chi connectivity index (χ1n) is 7.52. The molecule has 0 unspecified atom stereocenters. The Labute approximate surface area is 116 Å². The van der Waals surface area contributed by atoms with Crippen LogP contribution >= 0.6 is 0 Å². The van der Waals surface area contributed by atoms with E-state index in [1.807, 2.05) is 30.3 Å². The Morgan fingerprint density at radius 2 is 1.95 bits per heavy atom. The molecule has 1 aromatic rings. The van der Waals surface area contributed by atoms with E-state index >= 15 is 0 Å². The monoisotopic (exact) mass is 262 g/mol. The molecule has 0 spiro atoms. The molecule has 0 amide bonds. The average molecular weight is 262 g/mol. The molecule has 3 heteroatoms. The molecule has 0 radical (unpaired) electrons. The number of nitrogens with zero attached hydrogens (tertiary/aromatic N) is 1. The maximum absolute atomic E-state index is 5.74. The Kier molecular flexibility index (Phi) is 6.18. The number of nitrogens with one attached hydrogen (secondary N) is 1. The number of para-hydroxylation sites is 1. The number of piperidine rings is 1. The third kappa shape index (κ3) is 5.21. The topological polar surface area (TPSA) is 24.5 Å². The predicted octanol–water partition coefficient (Wildman–Crippen LogP) is 2.53. The van der Waals surface area contributed by atoms with Crippen LogP contribution in [0.25, 0.3) is 0 Å². The van der Waals surface area contributed by atoms with Crippen molar-refractivity contribution in [3.05, 3.63) is 30.3 Å². The second-order valence-electron chi connectivity index (χ2n) is 5.23. The van der Waals surface area contributed by atoms with Crippen LogP contribution in [-0.2, 0) is 0 Å². The van der Waals surface area contributed by atoms with Gasteiger partial charge in [-0.2, -0.15) is 0 Å². The fourth-order valence-corrected chi connectivity index (χ4v) is 2.52. The van der Waals surface area contributed by atoms with E-state index in [9.17, 15) is 0 Å². The number of rotatable bonds is 7. The van der Waals surface area contributed by atoms with E-state index in [1.54, 1.807) is 0 Å². The van der Waals surface area contributed by atoms with Gasteiger partial charge in [-0.3, -0.25) is 4.90 Å². The van der Waals surface area contributed by atoms with Crippen LogP contribution in [0.1, 0.15) is 26.2 Å². The lowest BCUT2D eigenvalue weighted by molar-refractivity contribution is 0.165. The quantitative estimate of drug-likeness (QED) is 0.817. The molecule has 1 aliphatic rings. The van der Waals surface area contributed by atoms with Crippen molar-refractivity contribution in [3.8, 4) is 5.75 Å². The summed E-state index contributed by atoms with van der Waals surface area (Å²) in [6.45, 7) is 7.59. The first-order chi connectivity index (χ1) is 9.38. The molecule has 3 nitrogen and oxygen atoms in total. The fraction of sp³-hybridized carbons (Fsp3) is 0.625. The molecule has 1 saturated heterocycles. The summed E-state index contributed by atoms with van der Waals surface area (Å²) in [5, 5.41) is 3.62. The second kappa shape index (κ2) is 8.18. The number of ether oxygens (including phenoxy) is 1. The third-order valence-electron chi connectivity index (χ3n) is 3.69. The molecule has 0 atom stereocenters. The van der Waals surface area contributed by atoms with E-state index in [0.29, 0.717) is 0 Å². The fourth-order valence-electron chi connectivity index (χ4n) is 2.52. The van der Waals surface area contributed by atoms with E-state index in [1.165, 1.54) is 32.4 Å². The summed E-state index contributed by atoms with van der Waals surface area (Å²) >= 11 is 0. The Balaban J connectivity index is 1.58. The number of hydrogen-bond donors (Lipinski definition) is 1. The molecule has 0 saturated carbocycles. The first-order valence-corrected chi connectivity index (χ1v) is 7.52. The smallest absolute Gasteiger partial charge is 0.119 e. The van der Waals surface area contributed by atoms with Gasteiger partial charge < -0.3 is 10.1 Å². The first kappa shape index (κ1) is 14.4. The molecule has 19 heavy (non-hydrogen) atoms. The summed E-state index contributed by atoms with van der Waals surface area (Å²) in [7, 11) is 0. The van der Waals surface area contributed by atoms with Crippen LogP contribution in [-0.4, -0.2) is 43.7 Å². The van der Waals surface area contributed by atoms with Crippen molar-refractivity contribution in [2.24, 2.45) is 0 Å². The summed E-state index contributed by atoms with van der Waals surface area (Å²) in [6.07, 6.45) is 3.77. The summed E-state index contributed by atoms with van der Waals surface area (Å²) in [6, 6.07) is 10.8. The highest BCUT2D eigenvalue weighted by atomic mass is 16.5. The molecule has 0 bridgehead atoms.